The zero-order valence-corrected chi connectivity index (χ0v) is 11.7. The number of amides is 1. The summed E-state index contributed by atoms with van der Waals surface area (Å²) in [5.41, 5.74) is 0. The van der Waals surface area contributed by atoms with Crippen molar-refractivity contribution in [2.24, 2.45) is 0 Å². The Morgan fingerprint density at radius 2 is 2.00 bits per heavy atom. The van der Waals surface area contributed by atoms with Gasteiger partial charge in [0.05, 0.1) is 6.26 Å². The highest BCUT2D eigenvalue weighted by Gasteiger charge is 2.38. The van der Waals surface area contributed by atoms with Gasteiger partial charge in [0.25, 0.3) is 0 Å². The van der Waals surface area contributed by atoms with Crippen LogP contribution in [0.15, 0.2) is 4.52 Å². The number of aromatic nitrogens is 2. The second-order valence-corrected chi connectivity index (χ2v) is 5.86. The fourth-order valence-electron chi connectivity index (χ4n) is 1.22. The van der Waals surface area contributed by atoms with Gasteiger partial charge in [-0.1, -0.05) is 5.16 Å². The lowest BCUT2D eigenvalue weighted by atomic mass is 10.3. The van der Waals surface area contributed by atoms with Crippen molar-refractivity contribution in [2.75, 3.05) is 19.3 Å². The van der Waals surface area contributed by atoms with Crippen molar-refractivity contribution in [1.82, 2.24) is 20.2 Å². The number of nitrogens with zero attached hydrogens (tertiary/aromatic N) is 2. The zero-order chi connectivity index (χ0) is 16.1. The molecule has 120 valence electrons. The number of sulfonamides is 1. The second kappa shape index (κ2) is 6.85. The van der Waals surface area contributed by atoms with E-state index in [-0.39, 0.29) is 31.8 Å². The third-order valence-corrected chi connectivity index (χ3v) is 2.83. The molecule has 2 N–H and O–H groups in total. The summed E-state index contributed by atoms with van der Waals surface area (Å²) in [4.78, 5) is 14.4. The number of hydrogen-bond donors (Lipinski definition) is 2. The Bertz CT molecular complexity index is 584. The maximum Gasteiger partial charge on any atom is 0.471 e. The quantitative estimate of drug-likeness (QED) is 0.708. The molecule has 0 aliphatic rings. The number of nitrogens with one attached hydrogen (secondary N) is 2. The minimum Gasteiger partial charge on any atom is -0.356 e. The molecule has 0 aliphatic carbocycles. The van der Waals surface area contributed by atoms with Gasteiger partial charge >= 0.3 is 12.1 Å². The summed E-state index contributed by atoms with van der Waals surface area (Å²) < 4.78 is 64.1. The molecule has 1 heterocycles. The van der Waals surface area contributed by atoms with Gasteiger partial charge < -0.3 is 9.84 Å². The topological polar surface area (TPSA) is 114 Å². The molecule has 1 rings (SSSR count). The van der Waals surface area contributed by atoms with E-state index in [2.05, 4.69) is 24.7 Å². The maximum absolute atomic E-state index is 12.2. The largest absolute Gasteiger partial charge is 0.471 e. The summed E-state index contributed by atoms with van der Waals surface area (Å²) in [5, 5.41) is 5.51. The molecular formula is C9H13F3N4O4S. The van der Waals surface area contributed by atoms with Gasteiger partial charge in [-0.3, -0.25) is 4.79 Å². The average Bonchev–Trinajstić information content (AvgIpc) is 2.75. The first kappa shape index (κ1) is 17.4. The summed E-state index contributed by atoms with van der Waals surface area (Å²) >= 11 is 0. The van der Waals surface area contributed by atoms with Crippen molar-refractivity contribution in [3.8, 4) is 0 Å². The summed E-state index contributed by atoms with van der Waals surface area (Å²) in [7, 11) is -3.36. The Morgan fingerprint density at radius 3 is 2.52 bits per heavy atom. The van der Waals surface area contributed by atoms with Gasteiger partial charge in [0, 0.05) is 25.9 Å². The van der Waals surface area contributed by atoms with E-state index in [4.69, 9.17) is 0 Å². The van der Waals surface area contributed by atoms with Crippen LogP contribution in [0, 0.1) is 0 Å². The second-order valence-electron chi connectivity index (χ2n) is 4.03. The highest BCUT2D eigenvalue weighted by molar-refractivity contribution is 7.88. The van der Waals surface area contributed by atoms with E-state index in [9.17, 15) is 26.4 Å². The monoisotopic (exact) mass is 330 g/mol. The van der Waals surface area contributed by atoms with Crippen LogP contribution in [-0.2, 0) is 27.4 Å². The van der Waals surface area contributed by atoms with Gasteiger partial charge in [0.2, 0.25) is 15.9 Å². The van der Waals surface area contributed by atoms with Crippen LogP contribution in [0.4, 0.5) is 13.2 Å². The third-order valence-electron chi connectivity index (χ3n) is 2.10. The van der Waals surface area contributed by atoms with E-state index in [0.717, 1.165) is 6.26 Å². The molecule has 0 unspecified atom stereocenters. The number of hydrogen-bond acceptors (Lipinski definition) is 6. The fourth-order valence-corrected chi connectivity index (χ4v) is 1.70. The highest BCUT2D eigenvalue weighted by atomic mass is 32.2. The third kappa shape index (κ3) is 7.04. The first-order chi connectivity index (χ1) is 9.58. The first-order valence-electron chi connectivity index (χ1n) is 5.69. The Labute approximate surface area is 118 Å². The van der Waals surface area contributed by atoms with Crippen LogP contribution in [0.5, 0.6) is 0 Å². The van der Waals surface area contributed by atoms with Crippen LogP contribution in [0.3, 0.4) is 0 Å². The Morgan fingerprint density at radius 1 is 1.33 bits per heavy atom. The van der Waals surface area contributed by atoms with Gasteiger partial charge in [0.1, 0.15) is 0 Å². The van der Waals surface area contributed by atoms with Crippen molar-refractivity contribution in [2.45, 2.75) is 19.0 Å². The van der Waals surface area contributed by atoms with Gasteiger partial charge in [0.15, 0.2) is 5.82 Å². The zero-order valence-electron chi connectivity index (χ0n) is 10.9. The Hall–Kier alpha value is -1.69. The van der Waals surface area contributed by atoms with E-state index < -0.39 is 28.0 Å². The SMILES string of the molecule is CS(=O)(=O)NCCC(=O)NCCc1noc(C(F)(F)F)n1. The predicted molar refractivity (Wildman–Crippen MR) is 63.5 cm³/mol. The molecule has 0 atom stereocenters. The molecule has 1 aromatic rings. The number of rotatable bonds is 7. The standard InChI is InChI=1S/C9H13F3N4O4S/c1-21(18,19)14-5-3-7(17)13-4-2-6-15-8(20-16-6)9(10,11)12/h14H,2-5H2,1H3,(H,13,17). The molecule has 0 saturated heterocycles. The number of carbonyl (C=O) groups is 1. The van der Waals surface area contributed by atoms with Crippen molar-refractivity contribution in [3.05, 3.63) is 11.7 Å². The molecule has 1 amide bonds. The van der Waals surface area contributed by atoms with Crippen LogP contribution in [0.25, 0.3) is 0 Å². The van der Waals surface area contributed by atoms with Crippen LogP contribution >= 0.6 is 0 Å². The van der Waals surface area contributed by atoms with E-state index in [1.165, 1.54) is 0 Å². The summed E-state index contributed by atoms with van der Waals surface area (Å²) in [5.74, 6) is -2.08. The molecule has 8 nitrogen and oxygen atoms in total. The van der Waals surface area contributed by atoms with Gasteiger partial charge in [-0.05, 0) is 0 Å². The van der Waals surface area contributed by atoms with E-state index >= 15 is 0 Å². The predicted octanol–water partition coefficient (Wildman–Crippen LogP) is -0.314. The molecular weight excluding hydrogens is 317 g/mol. The van der Waals surface area contributed by atoms with E-state index in [1.54, 1.807) is 0 Å². The van der Waals surface area contributed by atoms with Crippen molar-refractivity contribution < 1.29 is 30.9 Å². The molecule has 12 heteroatoms. The van der Waals surface area contributed by atoms with Crippen molar-refractivity contribution in [3.63, 3.8) is 0 Å². The molecule has 21 heavy (non-hydrogen) atoms. The molecule has 0 aliphatic heterocycles. The van der Waals surface area contributed by atoms with E-state index in [0.29, 0.717) is 0 Å². The van der Waals surface area contributed by atoms with Crippen LogP contribution < -0.4 is 10.0 Å². The summed E-state index contributed by atoms with van der Waals surface area (Å²) in [6.45, 7) is -0.0559. The first-order valence-corrected chi connectivity index (χ1v) is 7.58. The Balaban J connectivity index is 2.27. The lowest BCUT2D eigenvalue weighted by Crippen LogP contribution is -2.31. The fraction of sp³-hybridized carbons (Fsp3) is 0.667. The van der Waals surface area contributed by atoms with Crippen LogP contribution in [0.2, 0.25) is 0 Å². The molecule has 0 bridgehead atoms. The van der Waals surface area contributed by atoms with Crippen molar-refractivity contribution >= 4 is 15.9 Å². The minimum atomic E-state index is -4.70. The van der Waals surface area contributed by atoms with Gasteiger partial charge in [-0.2, -0.15) is 18.2 Å². The highest BCUT2D eigenvalue weighted by Crippen LogP contribution is 2.27. The number of alkyl halides is 3. The lowest BCUT2D eigenvalue weighted by molar-refractivity contribution is -0.159. The summed E-state index contributed by atoms with van der Waals surface area (Å²) in [6.07, 6.45) is -3.87. The van der Waals surface area contributed by atoms with E-state index in [1.807, 2.05) is 0 Å². The number of carbonyl (C=O) groups excluding carboxylic acids is 1. The van der Waals surface area contributed by atoms with Crippen LogP contribution in [-0.4, -0.2) is 43.8 Å². The molecule has 1 aromatic heterocycles. The normalized spacial score (nSPS) is 12.4. The van der Waals surface area contributed by atoms with Crippen molar-refractivity contribution in [1.29, 1.82) is 0 Å². The van der Waals surface area contributed by atoms with Crippen LogP contribution in [0.1, 0.15) is 18.1 Å². The minimum absolute atomic E-state index is 0.00847. The molecule has 0 fully saturated rings. The maximum atomic E-state index is 12.2. The van der Waals surface area contributed by atoms with Gasteiger partial charge in [-0.15, -0.1) is 0 Å². The lowest BCUT2D eigenvalue weighted by Gasteiger charge is -2.04. The van der Waals surface area contributed by atoms with Gasteiger partial charge in [-0.25, -0.2) is 13.1 Å². The molecule has 0 aromatic carbocycles. The average molecular weight is 330 g/mol. The summed E-state index contributed by atoms with van der Waals surface area (Å²) in [6, 6.07) is 0. The molecule has 0 spiro atoms. The smallest absolute Gasteiger partial charge is 0.356 e. The Kier molecular flexibility index (Phi) is 5.66. The molecule has 0 radical (unpaired) electrons. The molecule has 0 saturated carbocycles. The number of halogens is 3.